The second kappa shape index (κ2) is 5.02. The van der Waals surface area contributed by atoms with Crippen molar-refractivity contribution in [3.05, 3.63) is 22.2 Å². The smallest absolute Gasteiger partial charge is 0.198 e. The van der Waals surface area contributed by atoms with Crippen molar-refractivity contribution in [2.24, 2.45) is 4.99 Å². The van der Waals surface area contributed by atoms with Gasteiger partial charge in [-0.1, -0.05) is 23.2 Å². The number of guanidine groups is 1. The van der Waals surface area contributed by atoms with Gasteiger partial charge in [0.2, 0.25) is 0 Å². The highest BCUT2D eigenvalue weighted by atomic mass is 35.5. The molecule has 0 aromatic heterocycles. The Morgan fingerprint density at radius 1 is 1.41 bits per heavy atom. The molecule has 0 saturated heterocycles. The van der Waals surface area contributed by atoms with Crippen LogP contribution in [0.1, 0.15) is 6.92 Å². The molecule has 0 radical (unpaired) electrons. The maximum absolute atomic E-state index is 6.10. The Labute approximate surface area is 110 Å². The number of anilines is 2. The predicted octanol–water partition coefficient (Wildman–Crippen LogP) is 2.68. The van der Waals surface area contributed by atoms with E-state index in [1.54, 1.807) is 12.1 Å². The maximum atomic E-state index is 6.10. The number of nitrogens with one attached hydrogen (secondary N) is 1. The van der Waals surface area contributed by atoms with Crippen LogP contribution in [-0.4, -0.2) is 30.5 Å². The Morgan fingerprint density at radius 3 is 2.65 bits per heavy atom. The molecule has 2 rings (SSSR count). The topological polar surface area (TPSA) is 53.6 Å². The van der Waals surface area contributed by atoms with Crippen LogP contribution in [0.3, 0.4) is 0 Å². The number of hydrogen-bond acceptors (Lipinski definition) is 4. The van der Waals surface area contributed by atoms with Gasteiger partial charge in [0.1, 0.15) is 0 Å². The van der Waals surface area contributed by atoms with Crippen LogP contribution in [0.5, 0.6) is 0 Å². The first-order valence-corrected chi connectivity index (χ1v) is 6.18. The van der Waals surface area contributed by atoms with Crippen molar-refractivity contribution in [1.29, 1.82) is 0 Å². The first-order valence-electron chi connectivity index (χ1n) is 5.42. The molecule has 1 heterocycles. The number of likely N-dealkylation sites (N-methyl/N-ethyl adjacent to an activating group) is 1. The number of nitrogens with two attached hydrogens (primary N) is 1. The average molecular weight is 273 g/mol. The van der Waals surface area contributed by atoms with Crippen molar-refractivity contribution in [3.8, 4) is 0 Å². The molecule has 3 N–H and O–H groups in total. The third kappa shape index (κ3) is 2.58. The molecule has 0 fully saturated rings. The summed E-state index contributed by atoms with van der Waals surface area (Å²) in [5.41, 5.74) is 6.85. The summed E-state index contributed by atoms with van der Waals surface area (Å²) in [4.78, 5) is 6.50. The van der Waals surface area contributed by atoms with Crippen molar-refractivity contribution < 1.29 is 0 Å². The zero-order valence-electron chi connectivity index (χ0n) is 9.50. The standard InChI is InChI=1S/C11H14Cl2N4/c1-2-17-4-3-15-11(17)16-10-8(12)5-7(14)6-9(10)13/h5-6H,2-4,14H2,1H3,(H,15,16). The van der Waals surface area contributed by atoms with Crippen LogP contribution in [0.4, 0.5) is 11.4 Å². The van der Waals surface area contributed by atoms with Gasteiger partial charge in [0, 0.05) is 18.8 Å². The molecule has 0 spiro atoms. The minimum Gasteiger partial charge on any atom is -0.399 e. The zero-order chi connectivity index (χ0) is 12.4. The maximum Gasteiger partial charge on any atom is 0.198 e. The molecule has 1 aliphatic heterocycles. The van der Waals surface area contributed by atoms with E-state index in [2.05, 4.69) is 22.1 Å². The summed E-state index contributed by atoms with van der Waals surface area (Å²) in [6.07, 6.45) is 0. The van der Waals surface area contributed by atoms with Gasteiger partial charge in [0.15, 0.2) is 5.96 Å². The number of aliphatic imine (C=N–C) groups is 1. The third-order valence-corrected chi connectivity index (χ3v) is 3.21. The minimum atomic E-state index is 0.501. The van der Waals surface area contributed by atoms with Crippen LogP contribution in [0, 0.1) is 0 Å². The van der Waals surface area contributed by atoms with Crippen LogP contribution in [0.25, 0.3) is 0 Å². The van der Waals surface area contributed by atoms with Crippen LogP contribution >= 0.6 is 23.2 Å². The Hall–Kier alpha value is -1.13. The second-order valence-corrected chi connectivity index (χ2v) is 4.58. The molecule has 4 nitrogen and oxygen atoms in total. The van der Waals surface area contributed by atoms with Crippen LogP contribution in [-0.2, 0) is 0 Å². The first kappa shape index (κ1) is 12.3. The van der Waals surface area contributed by atoms with Crippen LogP contribution < -0.4 is 11.1 Å². The molecule has 0 bridgehead atoms. The van der Waals surface area contributed by atoms with Gasteiger partial charge < -0.3 is 16.0 Å². The molecule has 0 saturated carbocycles. The number of halogens is 2. The molecule has 0 amide bonds. The van der Waals surface area contributed by atoms with Gasteiger partial charge >= 0.3 is 0 Å². The SMILES string of the molecule is CCN1CCN=C1Nc1c(Cl)cc(N)cc1Cl. The quantitative estimate of drug-likeness (QED) is 0.814. The lowest BCUT2D eigenvalue weighted by molar-refractivity contribution is 0.482. The highest BCUT2D eigenvalue weighted by molar-refractivity contribution is 6.40. The molecule has 1 aromatic rings. The first-order chi connectivity index (χ1) is 8.11. The molecule has 0 unspecified atom stereocenters. The summed E-state index contributed by atoms with van der Waals surface area (Å²) in [7, 11) is 0. The van der Waals surface area contributed by atoms with Gasteiger partial charge in [0.05, 0.1) is 22.3 Å². The summed E-state index contributed by atoms with van der Waals surface area (Å²) in [6.45, 7) is 4.69. The highest BCUT2D eigenvalue weighted by Gasteiger charge is 2.17. The summed E-state index contributed by atoms with van der Waals surface area (Å²) in [6, 6.07) is 3.34. The molecule has 92 valence electrons. The molecule has 0 atom stereocenters. The molecular formula is C11H14Cl2N4. The number of benzene rings is 1. The lowest BCUT2D eigenvalue weighted by atomic mass is 10.3. The van der Waals surface area contributed by atoms with Gasteiger partial charge in [-0.3, -0.25) is 4.99 Å². The van der Waals surface area contributed by atoms with E-state index in [0.717, 1.165) is 25.6 Å². The van der Waals surface area contributed by atoms with E-state index in [1.807, 2.05) is 0 Å². The van der Waals surface area contributed by atoms with E-state index in [0.29, 0.717) is 21.4 Å². The van der Waals surface area contributed by atoms with Crippen molar-refractivity contribution >= 4 is 40.5 Å². The normalized spacial score (nSPS) is 15.0. The summed E-state index contributed by atoms with van der Waals surface area (Å²) in [5, 5.41) is 4.16. The van der Waals surface area contributed by atoms with E-state index in [-0.39, 0.29) is 0 Å². The second-order valence-electron chi connectivity index (χ2n) is 3.77. The Morgan fingerprint density at radius 2 is 2.06 bits per heavy atom. The molecule has 1 aromatic carbocycles. The van der Waals surface area contributed by atoms with Crippen LogP contribution in [0.2, 0.25) is 10.0 Å². The average Bonchev–Trinajstić information content (AvgIpc) is 2.70. The lowest BCUT2D eigenvalue weighted by Crippen LogP contribution is -2.32. The van der Waals surface area contributed by atoms with Crippen molar-refractivity contribution in [3.63, 3.8) is 0 Å². The molecule has 6 heteroatoms. The third-order valence-electron chi connectivity index (χ3n) is 2.61. The van der Waals surface area contributed by atoms with E-state index in [1.165, 1.54) is 0 Å². The molecular weight excluding hydrogens is 259 g/mol. The number of hydrogen-bond donors (Lipinski definition) is 2. The number of nitrogens with zero attached hydrogens (tertiary/aromatic N) is 2. The Bertz CT molecular complexity index is 436. The van der Waals surface area contributed by atoms with E-state index in [4.69, 9.17) is 28.9 Å². The summed E-state index contributed by atoms with van der Waals surface area (Å²) < 4.78 is 0. The van der Waals surface area contributed by atoms with Gasteiger partial charge in [-0.25, -0.2) is 0 Å². The van der Waals surface area contributed by atoms with Crippen molar-refractivity contribution in [2.45, 2.75) is 6.92 Å². The molecule has 17 heavy (non-hydrogen) atoms. The molecule has 0 aliphatic carbocycles. The zero-order valence-corrected chi connectivity index (χ0v) is 11.0. The van der Waals surface area contributed by atoms with Gasteiger partial charge in [-0.15, -0.1) is 0 Å². The van der Waals surface area contributed by atoms with Gasteiger partial charge in [-0.2, -0.15) is 0 Å². The molecule has 1 aliphatic rings. The van der Waals surface area contributed by atoms with Crippen molar-refractivity contribution in [2.75, 3.05) is 30.7 Å². The fourth-order valence-corrected chi connectivity index (χ4v) is 2.33. The summed E-state index contributed by atoms with van der Waals surface area (Å²) in [5.74, 6) is 0.807. The van der Waals surface area contributed by atoms with E-state index < -0.39 is 0 Å². The van der Waals surface area contributed by atoms with Crippen LogP contribution in [0.15, 0.2) is 17.1 Å². The van der Waals surface area contributed by atoms with E-state index >= 15 is 0 Å². The highest BCUT2D eigenvalue weighted by Crippen LogP contribution is 2.33. The fourth-order valence-electron chi connectivity index (χ4n) is 1.73. The largest absolute Gasteiger partial charge is 0.399 e. The predicted molar refractivity (Wildman–Crippen MR) is 74.0 cm³/mol. The monoisotopic (exact) mass is 272 g/mol. The van der Waals surface area contributed by atoms with Crippen molar-refractivity contribution in [1.82, 2.24) is 4.90 Å². The fraction of sp³-hybridized carbons (Fsp3) is 0.364. The minimum absolute atomic E-state index is 0.501. The lowest BCUT2D eigenvalue weighted by Gasteiger charge is -2.20. The number of rotatable bonds is 2. The van der Waals surface area contributed by atoms with Gasteiger partial charge in [-0.05, 0) is 19.1 Å². The summed E-state index contributed by atoms with van der Waals surface area (Å²) >= 11 is 12.2. The van der Waals surface area contributed by atoms with Gasteiger partial charge in [0.25, 0.3) is 0 Å². The van der Waals surface area contributed by atoms with E-state index in [9.17, 15) is 0 Å². The Balaban J connectivity index is 2.25. The Kier molecular flexibility index (Phi) is 3.64. The number of nitrogen functional groups attached to an aromatic ring is 1.